The first kappa shape index (κ1) is 15.1. The Morgan fingerprint density at radius 1 is 1.55 bits per heavy atom. The highest BCUT2D eigenvalue weighted by atomic mass is 32.1. The Morgan fingerprint density at radius 2 is 2.30 bits per heavy atom. The summed E-state index contributed by atoms with van der Waals surface area (Å²) in [4.78, 5) is 16.2. The molecular formula is C16H21NO2S. The van der Waals surface area contributed by atoms with Gasteiger partial charge in [-0.25, -0.2) is 0 Å². The molecule has 108 valence electrons. The molecule has 1 aliphatic rings. The first-order chi connectivity index (χ1) is 9.52. The molecule has 0 spiro atoms. The molecule has 20 heavy (non-hydrogen) atoms. The average Bonchev–Trinajstić information content (AvgIpc) is 2.77. The van der Waals surface area contributed by atoms with Gasteiger partial charge in [0.05, 0.1) is 9.75 Å². The van der Waals surface area contributed by atoms with Crippen molar-refractivity contribution in [2.45, 2.75) is 39.7 Å². The lowest BCUT2D eigenvalue weighted by Gasteiger charge is -2.36. The van der Waals surface area contributed by atoms with Gasteiger partial charge in [-0.2, -0.15) is 0 Å². The van der Waals surface area contributed by atoms with Gasteiger partial charge in [-0.3, -0.25) is 4.79 Å². The standard InChI is InChI=1S/C16H21NO2S/c1-11-6-7-17(13(3)9-11)16(19)15-10-12(2)14(20-15)5-4-8-18/h10-11,13,18H,6-9H2,1-3H3. The van der Waals surface area contributed by atoms with Crippen LogP contribution in [0.1, 0.15) is 46.8 Å². The fourth-order valence-electron chi connectivity index (χ4n) is 2.68. The molecule has 2 unspecified atom stereocenters. The molecule has 0 aliphatic carbocycles. The molecule has 1 aromatic rings. The van der Waals surface area contributed by atoms with Crippen molar-refractivity contribution in [1.29, 1.82) is 0 Å². The Morgan fingerprint density at radius 3 is 2.95 bits per heavy atom. The first-order valence-corrected chi connectivity index (χ1v) is 7.85. The molecule has 0 radical (unpaired) electrons. The highest BCUT2D eigenvalue weighted by Gasteiger charge is 2.28. The largest absolute Gasteiger partial charge is 0.384 e. The van der Waals surface area contributed by atoms with Gasteiger partial charge < -0.3 is 10.0 Å². The predicted molar refractivity (Wildman–Crippen MR) is 81.9 cm³/mol. The van der Waals surface area contributed by atoms with Crippen LogP contribution in [0.25, 0.3) is 0 Å². The lowest BCUT2D eigenvalue weighted by molar-refractivity contribution is 0.0593. The molecule has 0 saturated carbocycles. The number of aryl methyl sites for hydroxylation is 1. The molecule has 0 aromatic carbocycles. The minimum absolute atomic E-state index is 0.120. The average molecular weight is 291 g/mol. The maximum atomic E-state index is 12.6. The fourth-order valence-corrected chi connectivity index (χ4v) is 3.69. The summed E-state index contributed by atoms with van der Waals surface area (Å²) in [7, 11) is 0. The number of carbonyl (C=O) groups excluding carboxylic acids is 1. The van der Waals surface area contributed by atoms with Crippen LogP contribution in [-0.4, -0.2) is 35.1 Å². The number of amides is 1. The normalized spacial score (nSPS) is 22.3. The van der Waals surface area contributed by atoms with Gasteiger partial charge in [-0.1, -0.05) is 18.8 Å². The molecule has 1 saturated heterocycles. The Hall–Kier alpha value is -1.31. The summed E-state index contributed by atoms with van der Waals surface area (Å²) in [5.74, 6) is 6.37. The molecule has 1 fully saturated rings. The van der Waals surface area contributed by atoms with Crippen LogP contribution in [0.2, 0.25) is 0 Å². The summed E-state index contributed by atoms with van der Waals surface area (Å²) in [5, 5.41) is 8.75. The number of rotatable bonds is 1. The summed E-state index contributed by atoms with van der Waals surface area (Å²) < 4.78 is 0. The molecule has 2 heterocycles. The van der Waals surface area contributed by atoms with E-state index in [2.05, 4.69) is 25.7 Å². The lowest BCUT2D eigenvalue weighted by Crippen LogP contribution is -2.43. The van der Waals surface area contributed by atoms with Gasteiger partial charge >= 0.3 is 0 Å². The SMILES string of the molecule is Cc1cc(C(=O)N2CCC(C)CC2C)sc1C#CCO. The van der Waals surface area contributed by atoms with E-state index in [0.717, 1.165) is 34.7 Å². The van der Waals surface area contributed by atoms with Crippen molar-refractivity contribution in [2.75, 3.05) is 13.2 Å². The van der Waals surface area contributed by atoms with E-state index in [-0.39, 0.29) is 12.5 Å². The first-order valence-electron chi connectivity index (χ1n) is 7.04. The minimum Gasteiger partial charge on any atom is -0.384 e. The van der Waals surface area contributed by atoms with Crippen molar-refractivity contribution >= 4 is 17.2 Å². The Balaban J connectivity index is 2.17. The van der Waals surface area contributed by atoms with Gasteiger partial charge in [0.2, 0.25) is 0 Å². The zero-order valence-corrected chi connectivity index (χ0v) is 13.1. The molecule has 3 nitrogen and oxygen atoms in total. The molecule has 1 aliphatic heterocycles. The van der Waals surface area contributed by atoms with E-state index in [1.165, 1.54) is 11.3 Å². The summed E-state index contributed by atoms with van der Waals surface area (Å²) in [6.45, 7) is 7.02. The third-order valence-corrected chi connectivity index (χ3v) is 4.95. The number of likely N-dealkylation sites (tertiary alicyclic amines) is 1. The van der Waals surface area contributed by atoms with Crippen LogP contribution in [0.3, 0.4) is 0 Å². The Kier molecular flexibility index (Phi) is 4.85. The monoisotopic (exact) mass is 291 g/mol. The van der Waals surface area contributed by atoms with E-state index in [9.17, 15) is 4.79 Å². The highest BCUT2D eigenvalue weighted by Crippen LogP contribution is 2.27. The van der Waals surface area contributed by atoms with Crippen molar-refractivity contribution < 1.29 is 9.90 Å². The molecule has 1 aromatic heterocycles. The van der Waals surface area contributed by atoms with Crippen LogP contribution in [0.5, 0.6) is 0 Å². The van der Waals surface area contributed by atoms with Crippen molar-refractivity contribution in [3.8, 4) is 11.8 Å². The summed E-state index contributed by atoms with van der Waals surface area (Å²) in [6, 6.07) is 2.22. The number of aliphatic hydroxyl groups is 1. The number of nitrogens with zero attached hydrogens (tertiary/aromatic N) is 1. The number of aliphatic hydroxyl groups excluding tert-OH is 1. The van der Waals surface area contributed by atoms with Gasteiger partial charge in [0.1, 0.15) is 6.61 Å². The minimum atomic E-state index is -0.151. The lowest BCUT2D eigenvalue weighted by atomic mass is 9.93. The zero-order chi connectivity index (χ0) is 14.7. The van der Waals surface area contributed by atoms with E-state index in [4.69, 9.17) is 5.11 Å². The number of piperidine rings is 1. The van der Waals surface area contributed by atoms with Crippen LogP contribution in [-0.2, 0) is 0 Å². The van der Waals surface area contributed by atoms with Crippen molar-refractivity contribution in [2.24, 2.45) is 5.92 Å². The zero-order valence-electron chi connectivity index (χ0n) is 12.3. The molecule has 1 N–H and O–H groups in total. The Labute approximate surface area is 124 Å². The maximum absolute atomic E-state index is 12.6. The number of hydrogen-bond acceptors (Lipinski definition) is 3. The number of carbonyl (C=O) groups is 1. The highest BCUT2D eigenvalue weighted by molar-refractivity contribution is 7.14. The summed E-state index contributed by atoms with van der Waals surface area (Å²) >= 11 is 1.43. The van der Waals surface area contributed by atoms with Crippen LogP contribution in [0.4, 0.5) is 0 Å². The van der Waals surface area contributed by atoms with Crippen molar-refractivity contribution in [3.05, 3.63) is 21.4 Å². The van der Waals surface area contributed by atoms with E-state index < -0.39 is 0 Å². The van der Waals surface area contributed by atoms with Crippen molar-refractivity contribution in [1.82, 2.24) is 4.90 Å². The van der Waals surface area contributed by atoms with E-state index >= 15 is 0 Å². The fraction of sp³-hybridized carbons (Fsp3) is 0.562. The quantitative estimate of drug-likeness (QED) is 0.808. The van der Waals surface area contributed by atoms with Gasteiger partial charge in [0.25, 0.3) is 5.91 Å². The van der Waals surface area contributed by atoms with E-state index in [0.29, 0.717) is 12.0 Å². The number of thiophene rings is 1. The topological polar surface area (TPSA) is 40.5 Å². The van der Waals surface area contributed by atoms with Crippen LogP contribution in [0, 0.1) is 24.7 Å². The van der Waals surface area contributed by atoms with Gasteiger partial charge in [0, 0.05) is 12.6 Å². The van der Waals surface area contributed by atoms with Gasteiger partial charge in [-0.15, -0.1) is 11.3 Å². The predicted octanol–water partition coefficient (Wildman–Crippen LogP) is 2.66. The summed E-state index contributed by atoms with van der Waals surface area (Å²) in [5.41, 5.74) is 1.01. The second kappa shape index (κ2) is 6.43. The van der Waals surface area contributed by atoms with Gasteiger partial charge in [0.15, 0.2) is 0 Å². The van der Waals surface area contributed by atoms with Crippen LogP contribution < -0.4 is 0 Å². The third-order valence-electron chi connectivity index (χ3n) is 3.81. The van der Waals surface area contributed by atoms with E-state index in [1.807, 2.05) is 17.9 Å². The smallest absolute Gasteiger partial charge is 0.264 e. The van der Waals surface area contributed by atoms with Crippen LogP contribution >= 0.6 is 11.3 Å². The second-order valence-corrected chi connectivity index (χ2v) is 6.61. The van der Waals surface area contributed by atoms with Crippen LogP contribution in [0.15, 0.2) is 6.07 Å². The molecular weight excluding hydrogens is 270 g/mol. The van der Waals surface area contributed by atoms with E-state index in [1.54, 1.807) is 0 Å². The summed E-state index contributed by atoms with van der Waals surface area (Å²) in [6.07, 6.45) is 2.16. The maximum Gasteiger partial charge on any atom is 0.264 e. The molecule has 1 amide bonds. The molecule has 0 bridgehead atoms. The molecule has 4 heteroatoms. The third kappa shape index (κ3) is 3.23. The Bertz CT molecular complexity index is 553. The molecule has 2 rings (SSSR count). The second-order valence-electron chi connectivity index (χ2n) is 5.56. The number of hydrogen-bond donors (Lipinski definition) is 1. The van der Waals surface area contributed by atoms with Crippen molar-refractivity contribution in [3.63, 3.8) is 0 Å². The van der Waals surface area contributed by atoms with Gasteiger partial charge in [-0.05, 0) is 44.2 Å². The molecule has 2 atom stereocenters.